The van der Waals surface area contributed by atoms with Crippen molar-refractivity contribution in [3.8, 4) is 16.3 Å². The molecule has 3 heterocycles. The van der Waals surface area contributed by atoms with Gasteiger partial charge in [0.25, 0.3) is 11.6 Å². The van der Waals surface area contributed by atoms with Gasteiger partial charge in [-0.05, 0) is 42.6 Å². The Kier molecular flexibility index (Phi) is 5.88. The number of anilines is 1. The molecule has 1 amide bonds. The highest BCUT2D eigenvalue weighted by atomic mass is 35.5. The molecular weight excluding hydrogens is 442 g/mol. The molecule has 0 saturated carbocycles. The summed E-state index contributed by atoms with van der Waals surface area (Å²) in [6, 6.07) is 10.2. The Morgan fingerprint density at radius 1 is 1.26 bits per heavy atom. The molecule has 31 heavy (non-hydrogen) atoms. The Balaban J connectivity index is 1.51. The lowest BCUT2D eigenvalue weighted by Gasteiger charge is -2.09. The van der Waals surface area contributed by atoms with Crippen LogP contribution in [-0.2, 0) is 9.53 Å². The summed E-state index contributed by atoms with van der Waals surface area (Å²) in [5.41, 5.74) is 1.97. The Morgan fingerprint density at radius 2 is 2.10 bits per heavy atom. The lowest BCUT2D eigenvalue weighted by Crippen LogP contribution is -2.21. The first-order chi connectivity index (χ1) is 15.0. The Hall–Kier alpha value is -3.43. The van der Waals surface area contributed by atoms with E-state index in [0.717, 1.165) is 4.88 Å². The molecule has 8 nitrogen and oxygen atoms in total. The zero-order chi connectivity index (χ0) is 22.0. The van der Waals surface area contributed by atoms with E-state index in [2.05, 4.69) is 15.5 Å². The van der Waals surface area contributed by atoms with E-state index in [1.165, 1.54) is 18.4 Å². The van der Waals surface area contributed by atoms with E-state index in [4.69, 9.17) is 25.6 Å². The number of fused-ring (bicyclic) bond motifs is 1. The molecule has 0 fully saturated rings. The minimum absolute atomic E-state index is 0.229. The standard InChI is InChI=1S/C21H16ClN3O5S/c1-11-19-13(9-15(17-4-3-7-31-17)24-20(19)30-25-11)21(27)29-10-18(26)23-12-5-6-16(28-2)14(22)8-12/h3-9H,10H2,1-2H3,(H,23,26). The first-order valence-corrected chi connectivity index (χ1v) is 10.3. The number of aromatic nitrogens is 2. The SMILES string of the molecule is COc1ccc(NC(=O)COC(=O)c2cc(-c3cccs3)nc3onc(C)c23)cc1Cl. The Bertz CT molecular complexity index is 1270. The second kappa shape index (κ2) is 8.75. The molecule has 4 rings (SSSR count). The zero-order valence-electron chi connectivity index (χ0n) is 16.5. The van der Waals surface area contributed by atoms with Gasteiger partial charge in [-0.1, -0.05) is 22.8 Å². The van der Waals surface area contributed by atoms with Crippen molar-refractivity contribution in [3.05, 3.63) is 58.1 Å². The predicted molar refractivity (Wildman–Crippen MR) is 117 cm³/mol. The molecule has 3 aromatic heterocycles. The fourth-order valence-corrected chi connectivity index (χ4v) is 3.90. The molecule has 158 valence electrons. The molecule has 0 bridgehead atoms. The van der Waals surface area contributed by atoms with Crippen molar-refractivity contribution in [2.75, 3.05) is 19.0 Å². The van der Waals surface area contributed by atoms with Gasteiger partial charge >= 0.3 is 5.97 Å². The molecular formula is C21H16ClN3O5S. The lowest BCUT2D eigenvalue weighted by atomic mass is 10.1. The number of rotatable bonds is 6. The van der Waals surface area contributed by atoms with E-state index in [-0.39, 0.29) is 11.3 Å². The Morgan fingerprint density at radius 3 is 2.81 bits per heavy atom. The topological polar surface area (TPSA) is 104 Å². The van der Waals surface area contributed by atoms with Crippen LogP contribution in [-0.4, -0.2) is 35.7 Å². The molecule has 1 aromatic carbocycles. The van der Waals surface area contributed by atoms with Crippen molar-refractivity contribution in [1.82, 2.24) is 10.1 Å². The fraction of sp³-hybridized carbons (Fsp3) is 0.143. The average Bonchev–Trinajstić information content (AvgIpc) is 3.42. The van der Waals surface area contributed by atoms with Crippen LogP contribution in [0.4, 0.5) is 5.69 Å². The van der Waals surface area contributed by atoms with Crippen LogP contribution in [0.5, 0.6) is 5.75 Å². The molecule has 0 saturated heterocycles. The number of nitrogens with one attached hydrogen (secondary N) is 1. The first-order valence-electron chi connectivity index (χ1n) is 9.07. The number of hydrogen-bond donors (Lipinski definition) is 1. The minimum Gasteiger partial charge on any atom is -0.495 e. The summed E-state index contributed by atoms with van der Waals surface area (Å²) >= 11 is 7.53. The summed E-state index contributed by atoms with van der Waals surface area (Å²) in [7, 11) is 1.50. The van der Waals surface area contributed by atoms with E-state index in [1.807, 2.05) is 17.5 Å². The maximum atomic E-state index is 12.8. The number of hydrogen-bond acceptors (Lipinski definition) is 8. The lowest BCUT2D eigenvalue weighted by molar-refractivity contribution is -0.119. The largest absolute Gasteiger partial charge is 0.495 e. The zero-order valence-corrected chi connectivity index (χ0v) is 18.0. The van der Waals surface area contributed by atoms with Gasteiger partial charge in [0.2, 0.25) is 0 Å². The third-order valence-corrected chi connectivity index (χ3v) is 5.57. The second-order valence-corrected chi connectivity index (χ2v) is 7.81. The minimum atomic E-state index is -0.681. The van der Waals surface area contributed by atoms with Crippen LogP contribution in [0.2, 0.25) is 5.02 Å². The van der Waals surface area contributed by atoms with Gasteiger partial charge < -0.3 is 19.3 Å². The van der Waals surface area contributed by atoms with Crippen LogP contribution < -0.4 is 10.1 Å². The van der Waals surface area contributed by atoms with Crippen molar-refractivity contribution in [1.29, 1.82) is 0 Å². The van der Waals surface area contributed by atoms with Gasteiger partial charge in [-0.3, -0.25) is 4.79 Å². The van der Waals surface area contributed by atoms with Gasteiger partial charge in [-0.25, -0.2) is 9.78 Å². The van der Waals surface area contributed by atoms with Crippen LogP contribution >= 0.6 is 22.9 Å². The van der Waals surface area contributed by atoms with Crippen molar-refractivity contribution in [3.63, 3.8) is 0 Å². The summed E-state index contributed by atoms with van der Waals surface area (Å²) in [5, 5.41) is 9.21. The van der Waals surface area contributed by atoms with Crippen LogP contribution in [0.1, 0.15) is 16.1 Å². The highest BCUT2D eigenvalue weighted by molar-refractivity contribution is 7.13. The monoisotopic (exact) mass is 457 g/mol. The number of nitrogens with zero attached hydrogens (tertiary/aromatic N) is 2. The molecule has 0 aliphatic heterocycles. The summed E-state index contributed by atoms with van der Waals surface area (Å²) in [4.78, 5) is 30.3. The van der Waals surface area contributed by atoms with E-state index in [1.54, 1.807) is 31.2 Å². The highest BCUT2D eigenvalue weighted by Crippen LogP contribution is 2.30. The third kappa shape index (κ3) is 4.37. The number of aryl methyl sites for hydroxylation is 1. The summed E-state index contributed by atoms with van der Waals surface area (Å²) in [6.07, 6.45) is 0. The maximum absolute atomic E-state index is 12.8. The van der Waals surface area contributed by atoms with Gasteiger partial charge in [0, 0.05) is 5.69 Å². The van der Waals surface area contributed by atoms with Gasteiger partial charge in [0.1, 0.15) is 5.75 Å². The van der Waals surface area contributed by atoms with Gasteiger partial charge in [0.15, 0.2) is 6.61 Å². The number of ether oxygens (including phenoxy) is 2. The second-order valence-electron chi connectivity index (χ2n) is 6.45. The average molecular weight is 458 g/mol. The number of methoxy groups -OCH3 is 1. The third-order valence-electron chi connectivity index (χ3n) is 4.38. The van der Waals surface area contributed by atoms with E-state index in [0.29, 0.717) is 33.2 Å². The molecule has 0 spiro atoms. The number of thiophene rings is 1. The molecule has 0 aliphatic rings. The number of amides is 1. The van der Waals surface area contributed by atoms with Crippen molar-refractivity contribution in [2.24, 2.45) is 0 Å². The molecule has 0 radical (unpaired) electrons. The Labute approximate surface area is 185 Å². The van der Waals surface area contributed by atoms with E-state index >= 15 is 0 Å². The van der Waals surface area contributed by atoms with Crippen LogP contribution in [0.25, 0.3) is 21.7 Å². The van der Waals surface area contributed by atoms with Crippen LogP contribution in [0, 0.1) is 6.92 Å². The summed E-state index contributed by atoms with van der Waals surface area (Å²) < 4.78 is 15.6. The van der Waals surface area contributed by atoms with Crippen LogP contribution in [0.15, 0.2) is 46.3 Å². The molecule has 0 aliphatic carbocycles. The smallest absolute Gasteiger partial charge is 0.339 e. The summed E-state index contributed by atoms with van der Waals surface area (Å²) in [5.74, 6) is -0.710. The number of carbonyl (C=O) groups excluding carboxylic acids is 2. The number of carbonyl (C=O) groups is 2. The highest BCUT2D eigenvalue weighted by Gasteiger charge is 2.21. The quantitative estimate of drug-likeness (QED) is 0.418. The molecule has 10 heteroatoms. The number of pyridine rings is 1. The first kappa shape index (κ1) is 20.8. The van der Waals surface area contributed by atoms with Crippen molar-refractivity contribution < 1.29 is 23.6 Å². The maximum Gasteiger partial charge on any atom is 0.339 e. The number of halogens is 1. The predicted octanol–water partition coefficient (Wildman–Crippen LogP) is 4.72. The van der Waals surface area contributed by atoms with Crippen molar-refractivity contribution in [2.45, 2.75) is 6.92 Å². The molecule has 1 N–H and O–H groups in total. The van der Waals surface area contributed by atoms with E-state index < -0.39 is 18.5 Å². The van der Waals surface area contributed by atoms with Gasteiger partial charge in [-0.2, -0.15) is 0 Å². The number of benzene rings is 1. The van der Waals surface area contributed by atoms with Gasteiger partial charge in [-0.15, -0.1) is 11.3 Å². The molecule has 4 aromatic rings. The molecule has 0 atom stereocenters. The van der Waals surface area contributed by atoms with Crippen molar-refractivity contribution >= 4 is 51.6 Å². The van der Waals surface area contributed by atoms with E-state index in [9.17, 15) is 9.59 Å². The number of esters is 1. The molecule has 0 unspecified atom stereocenters. The normalized spacial score (nSPS) is 10.8. The van der Waals surface area contributed by atoms with Gasteiger partial charge in [0.05, 0.1) is 39.3 Å². The summed E-state index contributed by atoms with van der Waals surface area (Å²) in [6.45, 7) is 1.22. The fourth-order valence-electron chi connectivity index (χ4n) is 2.96. The van der Waals surface area contributed by atoms with Crippen LogP contribution in [0.3, 0.4) is 0 Å².